The van der Waals surface area contributed by atoms with Gasteiger partial charge in [0.1, 0.15) is 11.6 Å². The van der Waals surface area contributed by atoms with E-state index in [2.05, 4.69) is 22.0 Å². The van der Waals surface area contributed by atoms with Crippen molar-refractivity contribution in [2.45, 2.75) is 26.7 Å². The molecule has 32 heavy (non-hydrogen) atoms. The standard InChI is InChI=1S/C24H23BrN4O3/c1-4-30-19-12-15(11-18(25)22(19)31-5-2)21-17(13-26)23(27)32-24-20(21)14(3)28-29(24)16-9-7-6-8-10-16/h6-12,21H,4-5,27H2,1-3H3. The molecule has 164 valence electrons. The number of hydrogen-bond acceptors (Lipinski definition) is 6. The van der Waals surface area contributed by atoms with Crippen LogP contribution >= 0.6 is 15.9 Å². The van der Waals surface area contributed by atoms with Crippen molar-refractivity contribution in [3.8, 4) is 29.1 Å². The number of allylic oxidation sites excluding steroid dienone is 1. The maximum Gasteiger partial charge on any atom is 0.229 e. The molecule has 0 fully saturated rings. The van der Waals surface area contributed by atoms with Crippen molar-refractivity contribution >= 4 is 15.9 Å². The van der Waals surface area contributed by atoms with Gasteiger partial charge in [-0.2, -0.15) is 10.4 Å². The fourth-order valence-electron chi connectivity index (χ4n) is 3.89. The molecule has 0 saturated carbocycles. The Hall–Kier alpha value is -3.44. The summed E-state index contributed by atoms with van der Waals surface area (Å²) in [5.41, 5.74) is 9.75. The number of nitriles is 1. The van der Waals surface area contributed by atoms with Gasteiger partial charge in [-0.3, -0.25) is 0 Å². The summed E-state index contributed by atoms with van der Waals surface area (Å²) in [6, 6.07) is 15.7. The normalized spacial score (nSPS) is 15.0. The van der Waals surface area contributed by atoms with Gasteiger partial charge in [-0.05, 0) is 66.5 Å². The van der Waals surface area contributed by atoms with E-state index in [0.717, 1.165) is 27.0 Å². The molecule has 8 heteroatoms. The number of fused-ring (bicyclic) bond motifs is 1. The van der Waals surface area contributed by atoms with Crippen molar-refractivity contribution in [3.05, 3.63) is 75.2 Å². The van der Waals surface area contributed by atoms with E-state index in [1.165, 1.54) is 0 Å². The van der Waals surface area contributed by atoms with Gasteiger partial charge in [-0.25, -0.2) is 4.68 Å². The number of nitrogens with zero attached hydrogens (tertiary/aromatic N) is 3. The van der Waals surface area contributed by atoms with E-state index in [1.807, 2.05) is 63.2 Å². The predicted molar refractivity (Wildman–Crippen MR) is 124 cm³/mol. The van der Waals surface area contributed by atoms with Crippen LogP contribution in [0.1, 0.15) is 36.6 Å². The van der Waals surface area contributed by atoms with E-state index in [1.54, 1.807) is 4.68 Å². The Balaban J connectivity index is 1.94. The first-order chi connectivity index (χ1) is 15.5. The highest BCUT2D eigenvalue weighted by atomic mass is 79.9. The SMILES string of the molecule is CCOc1cc(C2C(C#N)=C(N)Oc3c2c(C)nn3-c2ccccc2)cc(Br)c1OCC. The Morgan fingerprint density at radius 2 is 1.91 bits per heavy atom. The van der Waals surface area contributed by atoms with E-state index in [9.17, 15) is 5.26 Å². The molecule has 1 unspecified atom stereocenters. The monoisotopic (exact) mass is 494 g/mol. The number of aromatic nitrogens is 2. The van der Waals surface area contributed by atoms with E-state index in [-0.39, 0.29) is 5.88 Å². The third-order valence-electron chi connectivity index (χ3n) is 5.19. The third kappa shape index (κ3) is 3.69. The number of nitrogens with two attached hydrogens (primary N) is 1. The maximum absolute atomic E-state index is 9.95. The Morgan fingerprint density at radius 1 is 1.19 bits per heavy atom. The van der Waals surface area contributed by atoms with Gasteiger partial charge in [0, 0.05) is 0 Å². The van der Waals surface area contributed by atoms with E-state index in [0.29, 0.717) is 36.2 Å². The quantitative estimate of drug-likeness (QED) is 0.520. The molecule has 2 heterocycles. The fraction of sp³-hybridized carbons (Fsp3) is 0.250. The van der Waals surface area contributed by atoms with Crippen LogP contribution in [-0.4, -0.2) is 23.0 Å². The zero-order valence-electron chi connectivity index (χ0n) is 18.1. The lowest BCUT2D eigenvalue weighted by Crippen LogP contribution is -2.22. The number of benzene rings is 2. The van der Waals surface area contributed by atoms with Gasteiger partial charge in [0.05, 0.1) is 40.5 Å². The number of hydrogen-bond donors (Lipinski definition) is 1. The molecule has 0 amide bonds. The van der Waals surface area contributed by atoms with Gasteiger partial charge in [0.25, 0.3) is 0 Å². The van der Waals surface area contributed by atoms with Gasteiger partial charge >= 0.3 is 0 Å². The minimum Gasteiger partial charge on any atom is -0.490 e. The van der Waals surface area contributed by atoms with Crippen molar-refractivity contribution in [2.24, 2.45) is 5.73 Å². The predicted octanol–water partition coefficient (Wildman–Crippen LogP) is 4.96. The summed E-state index contributed by atoms with van der Waals surface area (Å²) in [6.07, 6.45) is 0. The Kier molecular flexibility index (Phi) is 6.10. The molecule has 1 aromatic heterocycles. The second-order valence-corrected chi connectivity index (χ2v) is 8.03. The maximum atomic E-state index is 9.95. The lowest BCUT2D eigenvalue weighted by molar-refractivity contribution is 0.286. The Morgan fingerprint density at radius 3 is 2.56 bits per heavy atom. The van der Waals surface area contributed by atoms with Crippen LogP contribution in [0.3, 0.4) is 0 Å². The molecule has 0 saturated heterocycles. The average Bonchev–Trinajstić information content (AvgIpc) is 3.11. The van der Waals surface area contributed by atoms with Gasteiger partial charge in [0.2, 0.25) is 11.8 Å². The Bertz CT molecular complexity index is 1230. The van der Waals surface area contributed by atoms with Crippen LogP contribution in [0.2, 0.25) is 0 Å². The van der Waals surface area contributed by atoms with E-state index >= 15 is 0 Å². The highest BCUT2D eigenvalue weighted by Gasteiger charge is 2.37. The number of para-hydroxylation sites is 1. The lowest BCUT2D eigenvalue weighted by Gasteiger charge is -2.26. The summed E-state index contributed by atoms with van der Waals surface area (Å²) in [5.74, 6) is 1.31. The van der Waals surface area contributed by atoms with Crippen LogP contribution in [0.5, 0.6) is 17.4 Å². The van der Waals surface area contributed by atoms with E-state index in [4.69, 9.17) is 25.0 Å². The molecule has 0 radical (unpaired) electrons. The van der Waals surface area contributed by atoms with Crippen molar-refractivity contribution in [3.63, 3.8) is 0 Å². The number of aryl methyl sites for hydroxylation is 1. The van der Waals surface area contributed by atoms with Gasteiger partial charge in [-0.15, -0.1) is 0 Å². The van der Waals surface area contributed by atoms with Crippen molar-refractivity contribution in [2.75, 3.05) is 13.2 Å². The topological polar surface area (TPSA) is 95.3 Å². The number of rotatable bonds is 6. The summed E-state index contributed by atoms with van der Waals surface area (Å²) in [6.45, 7) is 6.70. The minimum absolute atomic E-state index is 0.0602. The molecule has 4 rings (SSSR count). The second-order valence-electron chi connectivity index (χ2n) is 7.17. The van der Waals surface area contributed by atoms with Crippen LogP contribution < -0.4 is 19.9 Å². The van der Waals surface area contributed by atoms with Crippen LogP contribution in [0, 0.1) is 18.3 Å². The van der Waals surface area contributed by atoms with E-state index < -0.39 is 5.92 Å². The lowest BCUT2D eigenvalue weighted by atomic mass is 9.84. The molecule has 2 N–H and O–H groups in total. The average molecular weight is 495 g/mol. The molecule has 7 nitrogen and oxygen atoms in total. The van der Waals surface area contributed by atoms with Gasteiger partial charge in [0.15, 0.2) is 11.5 Å². The molecular weight excluding hydrogens is 472 g/mol. The van der Waals surface area contributed by atoms with Crippen molar-refractivity contribution < 1.29 is 14.2 Å². The molecule has 1 atom stereocenters. The van der Waals surface area contributed by atoms with Crippen LogP contribution in [0.4, 0.5) is 0 Å². The molecule has 0 bridgehead atoms. The largest absolute Gasteiger partial charge is 0.490 e. The van der Waals surface area contributed by atoms with Crippen molar-refractivity contribution in [1.29, 1.82) is 5.26 Å². The molecular formula is C24H23BrN4O3. The number of ether oxygens (including phenoxy) is 3. The van der Waals surface area contributed by atoms with Gasteiger partial charge < -0.3 is 19.9 Å². The number of halogens is 1. The summed E-state index contributed by atoms with van der Waals surface area (Å²) < 4.78 is 20.0. The second kappa shape index (κ2) is 8.97. The zero-order valence-corrected chi connectivity index (χ0v) is 19.6. The molecule has 0 spiro atoms. The smallest absolute Gasteiger partial charge is 0.229 e. The van der Waals surface area contributed by atoms with Gasteiger partial charge in [-0.1, -0.05) is 18.2 Å². The first kappa shape index (κ1) is 21.8. The molecule has 1 aliphatic heterocycles. The zero-order chi connectivity index (χ0) is 22.8. The fourth-order valence-corrected chi connectivity index (χ4v) is 4.47. The highest BCUT2D eigenvalue weighted by molar-refractivity contribution is 9.10. The van der Waals surface area contributed by atoms with Crippen LogP contribution in [-0.2, 0) is 0 Å². The minimum atomic E-state index is -0.465. The molecule has 2 aromatic carbocycles. The molecule has 3 aromatic rings. The summed E-state index contributed by atoms with van der Waals surface area (Å²) >= 11 is 3.61. The molecule has 0 aliphatic carbocycles. The Labute approximate surface area is 195 Å². The van der Waals surface area contributed by atoms with Crippen LogP contribution in [0.25, 0.3) is 5.69 Å². The summed E-state index contributed by atoms with van der Waals surface area (Å²) in [5, 5.41) is 14.7. The summed E-state index contributed by atoms with van der Waals surface area (Å²) in [7, 11) is 0. The first-order valence-corrected chi connectivity index (χ1v) is 11.1. The first-order valence-electron chi connectivity index (χ1n) is 10.3. The highest BCUT2D eigenvalue weighted by Crippen LogP contribution is 2.47. The third-order valence-corrected chi connectivity index (χ3v) is 5.78. The van der Waals surface area contributed by atoms with Crippen LogP contribution in [0.15, 0.2) is 58.4 Å². The molecule has 1 aliphatic rings. The van der Waals surface area contributed by atoms with Crippen molar-refractivity contribution in [1.82, 2.24) is 9.78 Å². The summed E-state index contributed by atoms with van der Waals surface area (Å²) in [4.78, 5) is 0.